The molecule has 1 aliphatic heterocycles. The molecule has 4 heteroatoms. The summed E-state index contributed by atoms with van der Waals surface area (Å²) in [6.45, 7) is 0. The number of cyclic esters (lactones) is 1. The second kappa shape index (κ2) is 6.51. The van der Waals surface area contributed by atoms with Crippen molar-refractivity contribution in [3.8, 4) is 0 Å². The van der Waals surface area contributed by atoms with Crippen molar-refractivity contribution in [3.05, 3.63) is 86.6 Å². The zero-order chi connectivity index (χ0) is 15.5. The molecule has 2 aromatic rings. The molecule has 0 bridgehead atoms. The van der Waals surface area contributed by atoms with Crippen molar-refractivity contribution >= 4 is 39.6 Å². The molecule has 0 fully saturated rings. The summed E-state index contributed by atoms with van der Waals surface area (Å²) in [5.74, 6) is 0.243. The molecule has 2 aromatic carbocycles. The topological polar surface area (TPSA) is 26.3 Å². The lowest BCUT2D eigenvalue weighted by Gasteiger charge is -2.01. The minimum Gasteiger partial charge on any atom is -0.423 e. The van der Waals surface area contributed by atoms with Crippen LogP contribution in [-0.2, 0) is 16.0 Å². The van der Waals surface area contributed by atoms with Gasteiger partial charge in [0.2, 0.25) is 0 Å². The van der Waals surface area contributed by atoms with Crippen LogP contribution in [0.1, 0.15) is 11.1 Å². The largest absolute Gasteiger partial charge is 0.423 e. The van der Waals surface area contributed by atoms with Crippen molar-refractivity contribution < 1.29 is 9.53 Å². The number of esters is 1. The number of ether oxygens (including phenoxy) is 1. The number of carbonyl (C=O) groups is 1. The number of hydrogen-bond acceptors (Lipinski definition) is 2. The van der Waals surface area contributed by atoms with Crippen molar-refractivity contribution in [3.63, 3.8) is 0 Å². The van der Waals surface area contributed by atoms with Gasteiger partial charge in [-0.1, -0.05) is 57.9 Å². The molecule has 0 saturated carbocycles. The highest BCUT2D eigenvalue weighted by atomic mass is 79.9. The van der Waals surface area contributed by atoms with Crippen LogP contribution in [-0.4, -0.2) is 5.97 Å². The molecule has 0 aliphatic carbocycles. The second-order valence-corrected chi connectivity index (χ2v) is 6.22. The Morgan fingerprint density at radius 1 is 1.14 bits per heavy atom. The third-order valence-electron chi connectivity index (χ3n) is 3.28. The van der Waals surface area contributed by atoms with E-state index in [-0.39, 0.29) is 5.97 Å². The quantitative estimate of drug-likeness (QED) is 0.692. The molecule has 1 aliphatic rings. The molecule has 0 unspecified atom stereocenters. The first-order valence-electron chi connectivity index (χ1n) is 6.75. The van der Waals surface area contributed by atoms with Gasteiger partial charge < -0.3 is 4.74 Å². The minimum absolute atomic E-state index is 0.307. The Hall–Kier alpha value is -1.84. The molecule has 110 valence electrons. The number of halogens is 2. The highest BCUT2D eigenvalue weighted by molar-refractivity contribution is 9.10. The zero-order valence-corrected chi connectivity index (χ0v) is 13.9. The number of rotatable bonds is 3. The third-order valence-corrected chi connectivity index (χ3v) is 4.23. The fourth-order valence-electron chi connectivity index (χ4n) is 2.24. The average molecular weight is 376 g/mol. The lowest BCUT2D eigenvalue weighted by Crippen LogP contribution is -2.01. The van der Waals surface area contributed by atoms with Gasteiger partial charge in [0.15, 0.2) is 0 Å². The monoisotopic (exact) mass is 374 g/mol. The summed E-state index contributed by atoms with van der Waals surface area (Å²) in [6, 6.07) is 15.2. The first-order valence-corrected chi connectivity index (χ1v) is 7.92. The van der Waals surface area contributed by atoms with Gasteiger partial charge in [-0.2, -0.15) is 0 Å². The fourth-order valence-corrected chi connectivity index (χ4v) is 2.85. The molecular formula is C18H12BrClO2. The SMILES string of the molecule is O=C1O/C(=C\c2ccccc2Br)C=C1Cc1cccc(Cl)c1. The molecule has 22 heavy (non-hydrogen) atoms. The maximum absolute atomic E-state index is 12.0. The van der Waals surface area contributed by atoms with Gasteiger partial charge in [-0.15, -0.1) is 0 Å². The van der Waals surface area contributed by atoms with E-state index in [4.69, 9.17) is 16.3 Å². The van der Waals surface area contributed by atoms with Crippen LogP contribution < -0.4 is 0 Å². The van der Waals surface area contributed by atoms with Gasteiger partial charge in [-0.3, -0.25) is 0 Å². The Morgan fingerprint density at radius 2 is 1.95 bits per heavy atom. The standard InChI is InChI=1S/C18H12BrClO2/c19-17-7-2-1-5-13(17)10-16-11-14(18(21)22-16)8-12-4-3-6-15(20)9-12/h1-7,9-11H,8H2/b16-10-. The van der Waals surface area contributed by atoms with Crippen LogP contribution in [0.3, 0.4) is 0 Å². The van der Waals surface area contributed by atoms with E-state index in [9.17, 15) is 4.79 Å². The fraction of sp³-hybridized carbons (Fsp3) is 0.0556. The molecule has 0 saturated heterocycles. The maximum atomic E-state index is 12.0. The van der Waals surface area contributed by atoms with Gasteiger partial charge in [-0.25, -0.2) is 4.79 Å². The normalized spacial score (nSPS) is 15.8. The van der Waals surface area contributed by atoms with Crippen molar-refractivity contribution in [1.29, 1.82) is 0 Å². The van der Waals surface area contributed by atoms with Crippen molar-refractivity contribution in [2.75, 3.05) is 0 Å². The second-order valence-electron chi connectivity index (χ2n) is 4.93. The molecule has 0 atom stereocenters. The Bertz CT molecular complexity index is 793. The van der Waals surface area contributed by atoms with E-state index in [1.54, 1.807) is 6.08 Å². The van der Waals surface area contributed by atoms with Gasteiger partial charge in [0.1, 0.15) is 5.76 Å². The third kappa shape index (κ3) is 3.49. The summed E-state index contributed by atoms with van der Waals surface area (Å²) < 4.78 is 6.27. The van der Waals surface area contributed by atoms with Crippen molar-refractivity contribution in [1.82, 2.24) is 0 Å². The molecule has 0 spiro atoms. The van der Waals surface area contributed by atoms with Gasteiger partial charge in [0.05, 0.1) is 0 Å². The van der Waals surface area contributed by atoms with Gasteiger partial charge >= 0.3 is 5.97 Å². The van der Waals surface area contributed by atoms with Gasteiger partial charge in [0, 0.05) is 21.5 Å². The predicted molar refractivity (Wildman–Crippen MR) is 91.5 cm³/mol. The van der Waals surface area contributed by atoms with Crippen LogP contribution in [0.5, 0.6) is 0 Å². The van der Waals surface area contributed by atoms with E-state index in [1.165, 1.54) is 0 Å². The van der Waals surface area contributed by atoms with Crippen LogP contribution in [0.4, 0.5) is 0 Å². The van der Waals surface area contributed by atoms with Crippen LogP contribution >= 0.6 is 27.5 Å². The lowest BCUT2D eigenvalue weighted by atomic mass is 10.1. The maximum Gasteiger partial charge on any atom is 0.339 e. The molecular weight excluding hydrogens is 364 g/mol. The summed E-state index contributed by atoms with van der Waals surface area (Å²) >= 11 is 9.44. The molecule has 0 aromatic heterocycles. The Labute approximate surface area is 142 Å². The first-order chi connectivity index (χ1) is 10.6. The smallest absolute Gasteiger partial charge is 0.339 e. The molecule has 3 rings (SSSR count). The van der Waals surface area contributed by atoms with E-state index >= 15 is 0 Å². The highest BCUT2D eigenvalue weighted by Crippen LogP contribution is 2.26. The van der Waals surface area contributed by atoms with Crippen molar-refractivity contribution in [2.24, 2.45) is 0 Å². The molecule has 0 amide bonds. The Morgan fingerprint density at radius 3 is 2.73 bits per heavy atom. The molecule has 0 radical (unpaired) electrons. The van der Waals surface area contributed by atoms with E-state index in [1.807, 2.05) is 54.6 Å². The number of carbonyl (C=O) groups excluding carboxylic acids is 1. The average Bonchev–Trinajstić information content (AvgIpc) is 2.81. The van der Waals surface area contributed by atoms with Gasteiger partial charge in [0.25, 0.3) is 0 Å². The number of hydrogen-bond donors (Lipinski definition) is 0. The van der Waals surface area contributed by atoms with Crippen molar-refractivity contribution in [2.45, 2.75) is 6.42 Å². The molecule has 0 N–H and O–H groups in total. The molecule has 1 heterocycles. The van der Waals surface area contributed by atoms with E-state index < -0.39 is 0 Å². The number of allylic oxidation sites excluding steroid dienone is 1. The highest BCUT2D eigenvalue weighted by Gasteiger charge is 2.21. The summed E-state index contributed by atoms with van der Waals surface area (Å²) in [6.07, 6.45) is 4.13. The predicted octanol–water partition coefficient (Wildman–Crippen LogP) is 5.17. The van der Waals surface area contributed by atoms with E-state index in [0.717, 1.165) is 15.6 Å². The van der Waals surface area contributed by atoms with E-state index in [0.29, 0.717) is 22.8 Å². The summed E-state index contributed by atoms with van der Waals surface area (Å²) in [7, 11) is 0. The van der Waals surface area contributed by atoms with Gasteiger partial charge in [-0.05, 0) is 41.5 Å². The Balaban J connectivity index is 1.84. The van der Waals surface area contributed by atoms with E-state index in [2.05, 4.69) is 15.9 Å². The summed E-state index contributed by atoms with van der Waals surface area (Å²) in [4.78, 5) is 12.0. The summed E-state index contributed by atoms with van der Waals surface area (Å²) in [5.41, 5.74) is 2.57. The van der Waals surface area contributed by atoms with Crippen LogP contribution in [0.2, 0.25) is 5.02 Å². The number of benzene rings is 2. The zero-order valence-electron chi connectivity index (χ0n) is 11.6. The van der Waals surface area contributed by atoms with Crippen LogP contribution in [0.15, 0.2) is 70.4 Å². The lowest BCUT2D eigenvalue weighted by molar-refractivity contribution is -0.133. The Kier molecular flexibility index (Phi) is 4.46. The van der Waals surface area contributed by atoms with Crippen LogP contribution in [0, 0.1) is 0 Å². The first kappa shape index (κ1) is 15.1. The molecule has 2 nitrogen and oxygen atoms in total. The summed E-state index contributed by atoms with van der Waals surface area (Å²) in [5, 5.41) is 0.661. The van der Waals surface area contributed by atoms with Crippen LogP contribution in [0.25, 0.3) is 6.08 Å². The minimum atomic E-state index is -0.307.